The van der Waals surface area contributed by atoms with Crippen LogP contribution in [0.1, 0.15) is 23.7 Å². The van der Waals surface area contributed by atoms with E-state index in [9.17, 15) is 9.59 Å². The highest BCUT2D eigenvalue weighted by atomic mass is 16.5. The van der Waals surface area contributed by atoms with Crippen LogP contribution in [-0.4, -0.2) is 40.0 Å². The van der Waals surface area contributed by atoms with Gasteiger partial charge in [0.05, 0.1) is 24.0 Å². The van der Waals surface area contributed by atoms with E-state index >= 15 is 0 Å². The highest BCUT2D eigenvalue weighted by Crippen LogP contribution is 2.27. The average Bonchev–Trinajstić information content (AvgIpc) is 3.30. The molecule has 0 saturated heterocycles. The predicted molar refractivity (Wildman–Crippen MR) is 124 cm³/mol. The number of imidazole rings is 1. The van der Waals surface area contributed by atoms with Crippen LogP contribution in [0.4, 0.5) is 11.4 Å². The summed E-state index contributed by atoms with van der Waals surface area (Å²) in [6, 6.07) is 14.5. The number of anilines is 2. The number of fused-ring (bicyclic) bond motifs is 1. The summed E-state index contributed by atoms with van der Waals surface area (Å²) < 4.78 is 7.07. The lowest BCUT2D eigenvalue weighted by molar-refractivity contribution is 0.0894. The molecule has 32 heavy (non-hydrogen) atoms. The van der Waals surface area contributed by atoms with Gasteiger partial charge in [0, 0.05) is 48.6 Å². The Bertz CT molecular complexity index is 1280. The second kappa shape index (κ2) is 9.49. The van der Waals surface area contributed by atoms with Crippen LogP contribution in [0.5, 0.6) is 0 Å². The lowest BCUT2D eigenvalue weighted by Crippen LogP contribution is -2.37. The molecule has 0 aliphatic heterocycles. The summed E-state index contributed by atoms with van der Waals surface area (Å²) in [5.74, 6) is -0.127. The number of carbonyl (C=O) groups is 1. The molecule has 0 spiro atoms. The van der Waals surface area contributed by atoms with Gasteiger partial charge in [-0.25, -0.2) is 4.98 Å². The van der Waals surface area contributed by atoms with Gasteiger partial charge in [-0.1, -0.05) is 6.92 Å². The van der Waals surface area contributed by atoms with Gasteiger partial charge in [-0.2, -0.15) is 0 Å². The van der Waals surface area contributed by atoms with Crippen LogP contribution in [0.2, 0.25) is 0 Å². The van der Waals surface area contributed by atoms with Crippen LogP contribution in [0, 0.1) is 0 Å². The van der Waals surface area contributed by atoms with Gasteiger partial charge in [0.25, 0.3) is 5.91 Å². The Labute approximate surface area is 185 Å². The maximum Gasteiger partial charge on any atom is 0.251 e. The zero-order valence-corrected chi connectivity index (χ0v) is 18.0. The van der Waals surface area contributed by atoms with Crippen molar-refractivity contribution >= 4 is 22.9 Å². The maximum absolute atomic E-state index is 12.5. The van der Waals surface area contributed by atoms with Crippen molar-refractivity contribution in [2.75, 3.05) is 19.0 Å². The molecule has 0 fully saturated rings. The molecule has 1 unspecified atom stereocenters. The standard InChI is InChI=1S/C24H25N5O3/c1-3-18(15-32-2)28-24(31)16-4-6-19(7-5-16)27-20-8-9-21(29-13-12-26-23(20)29)17-10-11-25-22(30)14-17/h4-14,18,27H,3,15H2,1-2H3,(H,25,30)(H,28,31). The number of nitrogens with one attached hydrogen (secondary N) is 3. The number of aromatic nitrogens is 3. The number of methoxy groups -OCH3 is 1. The Kier molecular flexibility index (Phi) is 6.32. The van der Waals surface area contributed by atoms with Gasteiger partial charge >= 0.3 is 0 Å². The van der Waals surface area contributed by atoms with E-state index in [0.29, 0.717) is 12.2 Å². The summed E-state index contributed by atoms with van der Waals surface area (Å²) in [5.41, 5.74) is 4.47. The molecular formula is C24H25N5O3. The van der Waals surface area contributed by atoms with Gasteiger partial charge in [-0.05, 0) is 48.9 Å². The quantitative estimate of drug-likeness (QED) is 0.396. The van der Waals surface area contributed by atoms with Crippen molar-refractivity contribution in [1.29, 1.82) is 0 Å². The molecule has 0 aliphatic rings. The SMILES string of the molecule is CCC(COC)NC(=O)c1ccc(Nc2ccc(-c3cc[nH]c(=O)c3)n3ccnc23)cc1. The summed E-state index contributed by atoms with van der Waals surface area (Å²) in [4.78, 5) is 31.3. The highest BCUT2D eigenvalue weighted by molar-refractivity contribution is 5.95. The fourth-order valence-electron chi connectivity index (χ4n) is 3.54. The van der Waals surface area contributed by atoms with Crippen LogP contribution in [0.25, 0.3) is 16.9 Å². The number of nitrogens with zero attached hydrogens (tertiary/aromatic N) is 2. The molecule has 164 valence electrons. The van der Waals surface area contributed by atoms with E-state index in [0.717, 1.165) is 34.7 Å². The largest absolute Gasteiger partial charge is 0.383 e. The maximum atomic E-state index is 12.5. The van der Waals surface area contributed by atoms with E-state index in [1.165, 1.54) is 0 Å². The van der Waals surface area contributed by atoms with Crippen LogP contribution in [-0.2, 0) is 4.74 Å². The first kappa shape index (κ1) is 21.3. The highest BCUT2D eigenvalue weighted by Gasteiger charge is 2.13. The number of pyridine rings is 2. The number of aromatic amines is 1. The number of carbonyl (C=O) groups excluding carboxylic acids is 1. The van der Waals surface area contributed by atoms with Crippen LogP contribution < -0.4 is 16.2 Å². The number of hydrogen-bond acceptors (Lipinski definition) is 5. The molecule has 8 nitrogen and oxygen atoms in total. The molecule has 0 aliphatic carbocycles. The molecule has 4 aromatic rings. The van der Waals surface area contributed by atoms with E-state index in [1.54, 1.807) is 37.7 Å². The number of rotatable bonds is 8. The number of benzene rings is 1. The summed E-state index contributed by atoms with van der Waals surface area (Å²) in [5, 5.41) is 6.34. The Morgan fingerprint density at radius 3 is 2.72 bits per heavy atom. The van der Waals surface area contributed by atoms with Crippen molar-refractivity contribution in [2.45, 2.75) is 19.4 Å². The zero-order chi connectivity index (χ0) is 22.5. The third kappa shape index (κ3) is 4.55. The Morgan fingerprint density at radius 2 is 2.00 bits per heavy atom. The third-order valence-electron chi connectivity index (χ3n) is 5.24. The van der Waals surface area contributed by atoms with Gasteiger partial charge in [0.15, 0.2) is 5.65 Å². The van der Waals surface area contributed by atoms with Crippen LogP contribution in [0.15, 0.2) is 71.9 Å². The van der Waals surface area contributed by atoms with Crippen molar-refractivity contribution in [3.05, 3.63) is 83.0 Å². The second-order valence-electron chi connectivity index (χ2n) is 7.43. The summed E-state index contributed by atoms with van der Waals surface area (Å²) in [6.45, 7) is 2.49. The number of H-pyrrole nitrogens is 1. The van der Waals surface area contributed by atoms with E-state index < -0.39 is 0 Å². The van der Waals surface area contributed by atoms with Crippen molar-refractivity contribution in [1.82, 2.24) is 19.7 Å². The van der Waals surface area contributed by atoms with Gasteiger partial charge in [-0.3, -0.25) is 14.0 Å². The first-order valence-corrected chi connectivity index (χ1v) is 10.4. The lowest BCUT2D eigenvalue weighted by Gasteiger charge is -2.16. The minimum atomic E-state index is -0.158. The van der Waals surface area contributed by atoms with Gasteiger partial charge < -0.3 is 20.4 Å². The molecule has 3 aromatic heterocycles. The molecular weight excluding hydrogens is 406 g/mol. The van der Waals surface area contributed by atoms with E-state index in [4.69, 9.17) is 4.74 Å². The topological polar surface area (TPSA) is 101 Å². The average molecular weight is 431 g/mol. The van der Waals surface area contributed by atoms with Crippen molar-refractivity contribution < 1.29 is 9.53 Å². The Balaban J connectivity index is 1.54. The van der Waals surface area contributed by atoms with Gasteiger partial charge in [-0.15, -0.1) is 0 Å². The molecule has 1 amide bonds. The fourth-order valence-corrected chi connectivity index (χ4v) is 3.54. The smallest absolute Gasteiger partial charge is 0.251 e. The normalized spacial score (nSPS) is 11.9. The van der Waals surface area contributed by atoms with E-state index in [-0.39, 0.29) is 17.5 Å². The Hall–Kier alpha value is -3.91. The summed E-state index contributed by atoms with van der Waals surface area (Å²) in [7, 11) is 1.62. The Morgan fingerprint density at radius 1 is 1.19 bits per heavy atom. The molecule has 8 heteroatoms. The molecule has 0 bridgehead atoms. The van der Waals surface area contributed by atoms with Crippen LogP contribution in [0.3, 0.4) is 0 Å². The number of amides is 1. The van der Waals surface area contributed by atoms with E-state index in [1.807, 2.05) is 47.9 Å². The van der Waals surface area contributed by atoms with Crippen LogP contribution >= 0.6 is 0 Å². The molecule has 0 radical (unpaired) electrons. The molecule has 4 rings (SSSR count). The first-order chi connectivity index (χ1) is 15.6. The first-order valence-electron chi connectivity index (χ1n) is 10.4. The van der Waals surface area contributed by atoms with Crippen molar-refractivity contribution in [2.24, 2.45) is 0 Å². The molecule has 3 N–H and O–H groups in total. The monoisotopic (exact) mass is 431 g/mol. The lowest BCUT2D eigenvalue weighted by atomic mass is 10.1. The zero-order valence-electron chi connectivity index (χ0n) is 18.0. The minimum Gasteiger partial charge on any atom is -0.383 e. The summed E-state index contributed by atoms with van der Waals surface area (Å²) >= 11 is 0. The number of ether oxygens (including phenoxy) is 1. The summed E-state index contributed by atoms with van der Waals surface area (Å²) in [6.07, 6.45) is 6.00. The third-order valence-corrected chi connectivity index (χ3v) is 5.24. The molecule has 3 heterocycles. The van der Waals surface area contributed by atoms with Crippen molar-refractivity contribution in [3.63, 3.8) is 0 Å². The van der Waals surface area contributed by atoms with Crippen molar-refractivity contribution in [3.8, 4) is 11.3 Å². The second-order valence-corrected chi connectivity index (χ2v) is 7.43. The van der Waals surface area contributed by atoms with E-state index in [2.05, 4.69) is 20.6 Å². The van der Waals surface area contributed by atoms with Gasteiger partial charge in [0.2, 0.25) is 5.56 Å². The molecule has 1 aromatic carbocycles. The number of hydrogen-bond donors (Lipinski definition) is 3. The fraction of sp³-hybridized carbons (Fsp3) is 0.208. The molecule has 1 atom stereocenters. The predicted octanol–water partition coefficient (Wildman–Crippen LogP) is 3.59. The van der Waals surface area contributed by atoms with Gasteiger partial charge in [0.1, 0.15) is 0 Å². The molecule has 0 saturated carbocycles. The minimum absolute atomic E-state index is 0.0160.